The lowest BCUT2D eigenvalue weighted by Gasteiger charge is -2.42. The number of hydrogen-bond donors (Lipinski definition) is 2. The molecule has 0 aliphatic carbocycles. The van der Waals surface area contributed by atoms with Gasteiger partial charge in [-0.25, -0.2) is 17.2 Å². The molecule has 0 radical (unpaired) electrons. The lowest BCUT2D eigenvalue weighted by atomic mass is 9.93. The van der Waals surface area contributed by atoms with E-state index in [9.17, 15) is 41.5 Å². The van der Waals surface area contributed by atoms with Gasteiger partial charge in [-0.15, -0.1) is 0 Å². The average molecular weight is 1150 g/mol. The number of aromatic nitrogens is 2. The van der Waals surface area contributed by atoms with Crippen LogP contribution in [-0.2, 0) is 58.4 Å². The van der Waals surface area contributed by atoms with Crippen molar-refractivity contribution in [2.45, 2.75) is 155 Å². The summed E-state index contributed by atoms with van der Waals surface area (Å²) in [5.41, 5.74) is 9.39. The summed E-state index contributed by atoms with van der Waals surface area (Å²) in [4.78, 5) is 64.9. The van der Waals surface area contributed by atoms with Crippen LogP contribution in [0.4, 0.5) is 8.78 Å². The molecule has 14 nitrogen and oxygen atoms in total. The molecule has 0 bridgehead atoms. The second kappa shape index (κ2) is 23.9. The van der Waals surface area contributed by atoms with Gasteiger partial charge in [0.1, 0.15) is 34.2 Å². The van der Waals surface area contributed by atoms with Gasteiger partial charge in [-0.3, -0.25) is 33.9 Å². The number of carbonyl (C=O) groups is 4. The number of sulfonamides is 1. The third-order valence-corrected chi connectivity index (χ3v) is 28.8. The van der Waals surface area contributed by atoms with Crippen molar-refractivity contribution < 1.29 is 50.3 Å². The predicted octanol–water partition coefficient (Wildman–Crippen LogP) is 12.5. The topological polar surface area (TPSA) is 185 Å². The van der Waals surface area contributed by atoms with E-state index in [0.717, 1.165) is 28.5 Å². The molecule has 80 heavy (non-hydrogen) atoms. The lowest BCUT2D eigenvalue weighted by Crippen LogP contribution is -2.51. The number of benzene rings is 4. The quantitative estimate of drug-likeness (QED) is 0.0735. The SMILES string of the molecule is CC(C)[Si](Oc1c2c(c(CC(=O)NS(C)(=O)=O)c3cc(Cc4ccc(F)cc4)cnc13)CN(C)C2=O)(C(C)C)C(C)C.CC(C)[Si](Oc1c2c(c(CC(=O)O)c3cc(Cc4ccc(F)cc4)cnc13)CN(C)C2=O)(C(C)C)C(C)C. The molecule has 2 aromatic heterocycles. The molecule has 19 heteroatoms. The first-order valence-corrected chi connectivity index (χ1v) is 33.6. The van der Waals surface area contributed by atoms with Crippen molar-refractivity contribution in [1.29, 1.82) is 0 Å². The van der Waals surface area contributed by atoms with E-state index in [4.69, 9.17) is 18.8 Å². The van der Waals surface area contributed by atoms with E-state index >= 15 is 0 Å². The number of hydrogen-bond acceptors (Lipinski definition) is 10. The van der Waals surface area contributed by atoms with Gasteiger partial charge in [0, 0.05) is 50.4 Å². The monoisotopic (exact) mass is 1150 g/mol. The molecule has 0 fully saturated rings. The molecule has 0 saturated heterocycles. The Hall–Kier alpha value is -6.58. The van der Waals surface area contributed by atoms with Gasteiger partial charge in [-0.1, -0.05) is 107 Å². The molecular weight excluding hydrogens is 1070 g/mol. The maximum atomic E-state index is 13.7. The minimum atomic E-state index is -3.79. The lowest BCUT2D eigenvalue weighted by molar-refractivity contribution is -0.136. The normalized spacial score (nSPS) is 13.8. The first kappa shape index (κ1) is 61.1. The Bertz CT molecular complexity index is 3440. The van der Waals surface area contributed by atoms with Crippen LogP contribution in [0.2, 0.25) is 33.2 Å². The minimum Gasteiger partial charge on any atom is -0.541 e. The van der Waals surface area contributed by atoms with Crippen LogP contribution in [0.3, 0.4) is 0 Å². The molecule has 2 aliphatic rings. The van der Waals surface area contributed by atoms with Gasteiger partial charge in [-0.05, 0) is 127 Å². The number of carboxylic acids is 1. The zero-order valence-corrected chi connectivity index (χ0v) is 51.6. The maximum absolute atomic E-state index is 13.7. The van der Waals surface area contributed by atoms with Crippen molar-refractivity contribution in [3.63, 3.8) is 0 Å². The Morgan fingerprint density at radius 3 is 1.25 bits per heavy atom. The van der Waals surface area contributed by atoms with Crippen molar-refractivity contribution in [2.75, 3.05) is 20.4 Å². The van der Waals surface area contributed by atoms with Crippen LogP contribution >= 0.6 is 0 Å². The number of pyridine rings is 2. The number of rotatable bonds is 19. The van der Waals surface area contributed by atoms with Crippen LogP contribution in [0, 0.1) is 11.6 Å². The highest BCUT2D eigenvalue weighted by Gasteiger charge is 2.50. The summed E-state index contributed by atoms with van der Waals surface area (Å²) in [6.07, 6.45) is 4.91. The Morgan fingerprint density at radius 1 is 0.600 bits per heavy atom. The van der Waals surface area contributed by atoms with Crippen LogP contribution < -0.4 is 13.6 Å². The minimum absolute atomic E-state index is 0.167. The first-order chi connectivity index (χ1) is 37.4. The fourth-order valence-corrected chi connectivity index (χ4v) is 23.9. The van der Waals surface area contributed by atoms with Gasteiger partial charge < -0.3 is 23.8 Å². The van der Waals surface area contributed by atoms with E-state index in [2.05, 4.69) is 87.8 Å². The molecule has 3 amide bonds. The molecule has 428 valence electrons. The Morgan fingerprint density at radius 2 is 0.938 bits per heavy atom. The van der Waals surface area contributed by atoms with Crippen molar-refractivity contribution in [3.05, 3.63) is 140 Å². The van der Waals surface area contributed by atoms with Gasteiger partial charge in [0.25, 0.3) is 28.4 Å². The van der Waals surface area contributed by atoms with Gasteiger partial charge in [-0.2, -0.15) is 0 Å². The van der Waals surface area contributed by atoms with E-state index in [1.165, 1.54) is 24.3 Å². The summed E-state index contributed by atoms with van der Waals surface area (Å²) in [7, 11) is -5.38. The second-order valence-corrected chi connectivity index (χ2v) is 36.1. The first-order valence-electron chi connectivity index (χ1n) is 27.4. The highest BCUT2D eigenvalue weighted by atomic mass is 32.2. The third kappa shape index (κ3) is 12.2. The van der Waals surface area contributed by atoms with Gasteiger partial charge in [0.05, 0.1) is 30.2 Å². The Kier molecular flexibility index (Phi) is 18.2. The molecule has 0 spiro atoms. The summed E-state index contributed by atoms with van der Waals surface area (Å²) in [5, 5.41) is 11.1. The fourth-order valence-electron chi connectivity index (χ4n) is 12.9. The number of nitrogens with one attached hydrogen (secondary N) is 1. The second-order valence-electron chi connectivity index (χ2n) is 23.6. The molecule has 6 aromatic rings. The molecule has 2 aliphatic heterocycles. The van der Waals surface area contributed by atoms with Crippen molar-refractivity contribution in [2.24, 2.45) is 0 Å². The highest BCUT2D eigenvalue weighted by Crippen LogP contribution is 2.50. The van der Waals surface area contributed by atoms with E-state index < -0.39 is 38.5 Å². The zero-order valence-electron chi connectivity index (χ0n) is 48.8. The molecular formula is C61H77F2N5O9SSi2. The smallest absolute Gasteiger partial charge is 0.307 e. The van der Waals surface area contributed by atoms with E-state index in [0.29, 0.717) is 86.1 Å². The molecule has 4 aromatic carbocycles. The average Bonchev–Trinajstić information content (AvgIpc) is 3.99. The standard InChI is InChI=1S/C31H40FN3O5SSi.C30H37FN2O4Si/c1-18(2)42(19(3)4,20(5)6)40-30-28-26(17-35(7)31(28)37)24(15-27(36)34-41(8,38)39)25-14-22(16-33-29(25)30)13-21-9-11-23(32)12-10-21;1-17(2)38(18(3)4,19(5)6)37-29-27-25(16-33(7)30(27)36)23(14-26(34)35)24-13-21(15-32-28(24)29)12-20-8-10-22(31)11-9-20/h9-12,14,16,18-20H,13,15,17H2,1-8H3,(H,34,36);8-11,13,15,17-19H,12,14,16H2,1-7H3,(H,34,35). The number of carboxylic acid groups (broad SMARTS) is 1. The summed E-state index contributed by atoms with van der Waals surface area (Å²) < 4.78 is 67.1. The number of fused-ring (bicyclic) bond motifs is 4. The van der Waals surface area contributed by atoms with Gasteiger partial charge in [0.2, 0.25) is 15.9 Å². The Labute approximate surface area is 472 Å². The molecule has 0 atom stereocenters. The van der Waals surface area contributed by atoms with Crippen molar-refractivity contribution in [1.82, 2.24) is 24.5 Å². The fraction of sp³-hybridized carbons (Fsp3) is 0.443. The molecule has 2 N–H and O–H groups in total. The molecule has 0 saturated carbocycles. The maximum Gasteiger partial charge on any atom is 0.307 e. The van der Waals surface area contributed by atoms with Gasteiger partial charge in [0.15, 0.2) is 0 Å². The van der Waals surface area contributed by atoms with Crippen LogP contribution in [-0.4, -0.2) is 94.0 Å². The van der Waals surface area contributed by atoms with E-state index in [1.54, 1.807) is 60.6 Å². The Balaban J connectivity index is 0.000000232. The van der Waals surface area contributed by atoms with Crippen LogP contribution in [0.25, 0.3) is 21.8 Å². The van der Waals surface area contributed by atoms with Gasteiger partial charge >= 0.3 is 5.97 Å². The highest BCUT2D eigenvalue weighted by molar-refractivity contribution is 7.89. The predicted molar refractivity (Wildman–Crippen MR) is 315 cm³/mol. The number of aliphatic carboxylic acids is 1. The number of carbonyl (C=O) groups excluding carboxylic acids is 3. The molecule has 0 unspecified atom stereocenters. The number of halogens is 2. The number of amides is 3. The van der Waals surface area contributed by atoms with E-state index in [-0.39, 0.29) is 76.1 Å². The number of nitrogens with zero attached hydrogens (tertiary/aromatic N) is 4. The van der Waals surface area contributed by atoms with E-state index in [1.807, 2.05) is 12.1 Å². The third-order valence-electron chi connectivity index (χ3n) is 16.2. The van der Waals surface area contributed by atoms with Crippen molar-refractivity contribution in [3.8, 4) is 11.5 Å². The zero-order chi connectivity index (χ0) is 59.1. The summed E-state index contributed by atoms with van der Waals surface area (Å²) in [6.45, 7) is 26.7. The molecule has 4 heterocycles. The molecule has 8 rings (SSSR count). The summed E-state index contributed by atoms with van der Waals surface area (Å²) in [5.74, 6) is -1.74. The van der Waals surface area contributed by atoms with Crippen LogP contribution in [0.15, 0.2) is 73.1 Å². The summed E-state index contributed by atoms with van der Waals surface area (Å²) in [6, 6.07) is 16.4. The largest absolute Gasteiger partial charge is 0.541 e. The van der Waals surface area contributed by atoms with Crippen LogP contribution in [0.1, 0.15) is 148 Å². The summed E-state index contributed by atoms with van der Waals surface area (Å²) >= 11 is 0. The van der Waals surface area contributed by atoms with Crippen LogP contribution in [0.5, 0.6) is 11.5 Å². The van der Waals surface area contributed by atoms with Crippen molar-refractivity contribution >= 4 is 72.2 Å².